The molecule has 0 saturated heterocycles. The normalized spacial score (nSPS) is 12.8. The summed E-state index contributed by atoms with van der Waals surface area (Å²) in [6.07, 6.45) is 1.50. The summed E-state index contributed by atoms with van der Waals surface area (Å²) in [6.45, 7) is 3.99. The number of fused-ring (bicyclic) bond motifs is 2. The van der Waals surface area contributed by atoms with Crippen LogP contribution >= 0.6 is 0 Å². The van der Waals surface area contributed by atoms with Gasteiger partial charge in [-0.05, 0) is 26.0 Å². The van der Waals surface area contributed by atoms with Crippen LogP contribution in [0.15, 0.2) is 47.1 Å². The molecule has 6 heteroatoms. The van der Waals surface area contributed by atoms with Crippen LogP contribution in [0, 0.1) is 6.92 Å². The molecule has 110 valence electrons. The van der Waals surface area contributed by atoms with Crippen LogP contribution in [0.1, 0.15) is 24.4 Å². The molecule has 0 amide bonds. The van der Waals surface area contributed by atoms with E-state index in [2.05, 4.69) is 33.4 Å². The first-order valence-electron chi connectivity index (χ1n) is 7.13. The Bertz CT molecular complexity index is 922. The van der Waals surface area contributed by atoms with E-state index in [1.807, 2.05) is 37.3 Å². The summed E-state index contributed by atoms with van der Waals surface area (Å²) in [7, 11) is 0. The maximum absolute atomic E-state index is 5.90. The molecule has 0 spiro atoms. The van der Waals surface area contributed by atoms with E-state index in [1.54, 1.807) is 4.52 Å². The van der Waals surface area contributed by atoms with Crippen molar-refractivity contribution >= 4 is 22.6 Å². The predicted octanol–water partition coefficient (Wildman–Crippen LogP) is 3.35. The third kappa shape index (κ3) is 2.09. The lowest BCUT2D eigenvalue weighted by atomic mass is 10.2. The van der Waals surface area contributed by atoms with E-state index < -0.39 is 0 Å². The van der Waals surface area contributed by atoms with Crippen molar-refractivity contribution in [2.24, 2.45) is 0 Å². The predicted molar refractivity (Wildman–Crippen MR) is 83.8 cm³/mol. The number of aromatic nitrogens is 4. The molecule has 0 radical (unpaired) electrons. The van der Waals surface area contributed by atoms with Gasteiger partial charge in [0.05, 0.1) is 6.04 Å². The Morgan fingerprint density at radius 1 is 1.23 bits per heavy atom. The van der Waals surface area contributed by atoms with Crippen LogP contribution in [0.3, 0.4) is 0 Å². The zero-order chi connectivity index (χ0) is 15.1. The van der Waals surface area contributed by atoms with Crippen LogP contribution in [-0.4, -0.2) is 19.6 Å². The van der Waals surface area contributed by atoms with Gasteiger partial charge in [-0.15, -0.1) is 0 Å². The van der Waals surface area contributed by atoms with Crippen LogP contribution in [0.2, 0.25) is 0 Å². The first-order chi connectivity index (χ1) is 10.7. The molecule has 0 bridgehead atoms. The second kappa shape index (κ2) is 4.84. The molecule has 4 aromatic rings. The summed E-state index contributed by atoms with van der Waals surface area (Å²) >= 11 is 0. The van der Waals surface area contributed by atoms with Gasteiger partial charge in [-0.3, -0.25) is 0 Å². The van der Waals surface area contributed by atoms with E-state index in [4.69, 9.17) is 4.42 Å². The summed E-state index contributed by atoms with van der Waals surface area (Å²) in [5, 5.41) is 8.71. The number of rotatable bonds is 3. The monoisotopic (exact) mass is 293 g/mol. The Hall–Kier alpha value is -2.89. The number of benzene rings is 1. The largest absolute Gasteiger partial charge is 0.459 e. The van der Waals surface area contributed by atoms with Gasteiger partial charge in [0.15, 0.2) is 0 Å². The minimum atomic E-state index is 0.00148. The minimum Gasteiger partial charge on any atom is -0.459 e. The summed E-state index contributed by atoms with van der Waals surface area (Å²) in [4.78, 5) is 8.47. The fourth-order valence-electron chi connectivity index (χ4n) is 2.54. The van der Waals surface area contributed by atoms with Crippen LogP contribution in [-0.2, 0) is 0 Å². The number of nitrogens with one attached hydrogen (secondary N) is 1. The molecule has 3 heterocycles. The van der Waals surface area contributed by atoms with Gasteiger partial charge >= 0.3 is 0 Å². The van der Waals surface area contributed by atoms with Crippen LogP contribution < -0.4 is 5.32 Å². The zero-order valence-electron chi connectivity index (χ0n) is 12.3. The summed E-state index contributed by atoms with van der Waals surface area (Å²) in [5.41, 5.74) is 1.78. The van der Waals surface area contributed by atoms with Crippen molar-refractivity contribution in [1.29, 1.82) is 0 Å². The highest BCUT2D eigenvalue weighted by atomic mass is 16.3. The van der Waals surface area contributed by atoms with Gasteiger partial charge in [0.1, 0.15) is 23.5 Å². The van der Waals surface area contributed by atoms with Crippen LogP contribution in [0.5, 0.6) is 0 Å². The molecule has 1 aromatic carbocycles. The molecule has 0 saturated carbocycles. The molecule has 3 aromatic heterocycles. The number of hydrogen-bond acceptors (Lipinski definition) is 5. The highest BCUT2D eigenvalue weighted by Gasteiger charge is 2.14. The summed E-state index contributed by atoms with van der Waals surface area (Å²) < 4.78 is 7.59. The smallest absolute Gasteiger partial charge is 0.254 e. The molecule has 4 rings (SSSR count). The molecule has 6 nitrogen and oxygen atoms in total. The lowest BCUT2D eigenvalue weighted by molar-refractivity contribution is 0.525. The van der Waals surface area contributed by atoms with E-state index >= 15 is 0 Å². The van der Waals surface area contributed by atoms with Gasteiger partial charge in [0.2, 0.25) is 0 Å². The van der Waals surface area contributed by atoms with Crippen LogP contribution in [0.4, 0.5) is 5.82 Å². The van der Waals surface area contributed by atoms with Gasteiger partial charge < -0.3 is 9.73 Å². The fraction of sp³-hybridized carbons (Fsp3) is 0.188. The zero-order valence-corrected chi connectivity index (χ0v) is 12.3. The Morgan fingerprint density at radius 2 is 2.09 bits per heavy atom. The lowest BCUT2D eigenvalue weighted by Crippen LogP contribution is -2.10. The maximum atomic E-state index is 5.90. The second-order valence-electron chi connectivity index (χ2n) is 5.31. The highest BCUT2D eigenvalue weighted by molar-refractivity contribution is 5.77. The van der Waals surface area contributed by atoms with E-state index in [0.29, 0.717) is 5.78 Å². The molecule has 1 N–H and O–H groups in total. The van der Waals surface area contributed by atoms with E-state index in [-0.39, 0.29) is 6.04 Å². The first-order valence-corrected chi connectivity index (χ1v) is 7.13. The first kappa shape index (κ1) is 12.8. The van der Waals surface area contributed by atoms with Gasteiger partial charge in [-0.25, -0.2) is 4.98 Å². The molecule has 1 atom stereocenters. The Morgan fingerprint density at radius 3 is 2.95 bits per heavy atom. The number of anilines is 1. The lowest BCUT2D eigenvalue weighted by Gasteiger charge is -2.13. The molecule has 0 fully saturated rings. The Labute approximate surface area is 126 Å². The topological polar surface area (TPSA) is 68.2 Å². The van der Waals surface area contributed by atoms with Gasteiger partial charge in [-0.2, -0.15) is 14.6 Å². The van der Waals surface area contributed by atoms with Gasteiger partial charge in [0.25, 0.3) is 5.78 Å². The van der Waals surface area contributed by atoms with Crippen molar-refractivity contribution < 1.29 is 4.42 Å². The van der Waals surface area contributed by atoms with Crippen molar-refractivity contribution in [3.8, 4) is 0 Å². The summed E-state index contributed by atoms with van der Waals surface area (Å²) in [5.74, 6) is 2.30. The molecule has 0 aliphatic carbocycles. The highest BCUT2D eigenvalue weighted by Crippen LogP contribution is 2.26. The average Bonchev–Trinajstić information content (AvgIpc) is 3.12. The van der Waals surface area contributed by atoms with Crippen molar-refractivity contribution in [2.45, 2.75) is 19.9 Å². The second-order valence-corrected chi connectivity index (χ2v) is 5.31. The van der Waals surface area contributed by atoms with Crippen molar-refractivity contribution in [1.82, 2.24) is 19.6 Å². The van der Waals surface area contributed by atoms with Crippen molar-refractivity contribution in [2.75, 3.05) is 5.32 Å². The maximum Gasteiger partial charge on any atom is 0.254 e. The molecular formula is C16H15N5O. The van der Waals surface area contributed by atoms with E-state index in [9.17, 15) is 0 Å². The van der Waals surface area contributed by atoms with Crippen LogP contribution in [0.25, 0.3) is 16.7 Å². The fourth-order valence-corrected chi connectivity index (χ4v) is 2.54. The van der Waals surface area contributed by atoms with Gasteiger partial charge in [-0.1, -0.05) is 18.2 Å². The standard InChI is InChI=1S/C16H15N5O/c1-10-7-15(21-16(19-10)17-9-18-21)20-11(2)14-8-12-5-3-4-6-13(12)22-14/h3-9,11,20H,1-2H3. The average molecular weight is 293 g/mol. The quantitative estimate of drug-likeness (QED) is 0.627. The Balaban J connectivity index is 1.70. The molecule has 0 aliphatic heterocycles. The molecule has 22 heavy (non-hydrogen) atoms. The van der Waals surface area contributed by atoms with Crippen molar-refractivity contribution in [3.05, 3.63) is 54.2 Å². The molecule has 1 unspecified atom stereocenters. The SMILES string of the molecule is Cc1cc(NC(C)c2cc3ccccc3o2)n2ncnc2n1. The van der Waals surface area contributed by atoms with E-state index in [0.717, 1.165) is 28.2 Å². The Kier molecular flexibility index (Phi) is 2.82. The number of furan rings is 1. The summed E-state index contributed by atoms with van der Waals surface area (Å²) in [6, 6.07) is 12.0. The third-order valence-electron chi connectivity index (χ3n) is 3.62. The van der Waals surface area contributed by atoms with E-state index in [1.165, 1.54) is 6.33 Å². The van der Waals surface area contributed by atoms with Gasteiger partial charge in [0, 0.05) is 17.1 Å². The minimum absolute atomic E-state index is 0.00148. The number of hydrogen-bond donors (Lipinski definition) is 1. The number of para-hydroxylation sites is 1. The molecular weight excluding hydrogens is 278 g/mol. The molecule has 0 aliphatic rings. The van der Waals surface area contributed by atoms with Crippen molar-refractivity contribution in [3.63, 3.8) is 0 Å². The third-order valence-corrected chi connectivity index (χ3v) is 3.62. The number of aryl methyl sites for hydroxylation is 1. The number of nitrogens with zero attached hydrogens (tertiary/aromatic N) is 4.